The van der Waals surface area contributed by atoms with Gasteiger partial charge in [-0.1, -0.05) is 0 Å². The predicted molar refractivity (Wildman–Crippen MR) is 69.8 cm³/mol. The number of rotatable bonds is 4. The fourth-order valence-corrected chi connectivity index (χ4v) is 5.27. The minimum Gasteiger partial charge on any atom is -0.393 e. The lowest BCUT2D eigenvalue weighted by Gasteiger charge is -2.58. The van der Waals surface area contributed by atoms with Gasteiger partial charge in [0.25, 0.3) is 0 Å². The van der Waals surface area contributed by atoms with Crippen LogP contribution in [0.2, 0.25) is 0 Å². The Kier molecular flexibility index (Phi) is 2.99. The Balaban J connectivity index is 1.68. The standard InChI is InChI=1S/C15H27NO/c1-16(2)4-3-14(17)15-8-11-5-12(9-15)7-13(6-11)10-15/h11-14,17H,3-10H2,1-2H3. The zero-order valence-corrected chi connectivity index (χ0v) is 11.4. The summed E-state index contributed by atoms with van der Waals surface area (Å²) in [7, 11) is 4.21. The second-order valence-corrected chi connectivity index (χ2v) is 7.39. The molecule has 1 N–H and O–H groups in total. The number of hydrogen-bond acceptors (Lipinski definition) is 2. The van der Waals surface area contributed by atoms with Gasteiger partial charge in [0.05, 0.1) is 6.10 Å². The fourth-order valence-electron chi connectivity index (χ4n) is 5.27. The molecule has 0 radical (unpaired) electrons. The lowest BCUT2D eigenvalue weighted by Crippen LogP contribution is -2.52. The summed E-state index contributed by atoms with van der Waals surface area (Å²) in [6.07, 6.45) is 9.32. The lowest BCUT2D eigenvalue weighted by atomic mass is 9.48. The molecule has 98 valence electrons. The van der Waals surface area contributed by atoms with Gasteiger partial charge in [-0.2, -0.15) is 0 Å². The largest absolute Gasteiger partial charge is 0.393 e. The highest BCUT2D eigenvalue weighted by molar-refractivity contribution is 5.04. The maximum Gasteiger partial charge on any atom is 0.0608 e. The molecule has 2 nitrogen and oxygen atoms in total. The molecule has 4 bridgehead atoms. The Labute approximate surface area is 105 Å². The van der Waals surface area contributed by atoms with Gasteiger partial charge >= 0.3 is 0 Å². The molecule has 4 aliphatic carbocycles. The van der Waals surface area contributed by atoms with E-state index in [1.54, 1.807) is 0 Å². The Morgan fingerprint density at radius 1 is 1.06 bits per heavy atom. The third-order valence-corrected chi connectivity index (χ3v) is 5.64. The molecule has 4 aliphatic rings. The van der Waals surface area contributed by atoms with Gasteiger partial charge in [0, 0.05) is 0 Å². The molecule has 4 rings (SSSR count). The van der Waals surface area contributed by atoms with Crippen molar-refractivity contribution in [1.29, 1.82) is 0 Å². The first-order valence-corrected chi connectivity index (χ1v) is 7.40. The highest BCUT2D eigenvalue weighted by Gasteiger charge is 2.53. The highest BCUT2D eigenvalue weighted by atomic mass is 16.3. The topological polar surface area (TPSA) is 23.5 Å². The van der Waals surface area contributed by atoms with E-state index in [2.05, 4.69) is 19.0 Å². The van der Waals surface area contributed by atoms with Crippen molar-refractivity contribution in [3.05, 3.63) is 0 Å². The Bertz CT molecular complexity index is 251. The van der Waals surface area contributed by atoms with E-state index in [4.69, 9.17) is 0 Å². The van der Waals surface area contributed by atoms with Crippen LogP contribution in [-0.2, 0) is 0 Å². The molecule has 1 atom stereocenters. The molecular formula is C15H27NO. The van der Waals surface area contributed by atoms with Crippen LogP contribution in [0.4, 0.5) is 0 Å². The van der Waals surface area contributed by atoms with E-state index in [-0.39, 0.29) is 6.10 Å². The van der Waals surface area contributed by atoms with E-state index in [1.807, 2.05) is 0 Å². The first kappa shape index (κ1) is 12.0. The van der Waals surface area contributed by atoms with E-state index in [0.717, 1.165) is 30.7 Å². The number of aliphatic hydroxyl groups is 1. The minimum atomic E-state index is -0.0432. The van der Waals surface area contributed by atoms with E-state index >= 15 is 0 Å². The second kappa shape index (κ2) is 4.24. The summed E-state index contributed by atoms with van der Waals surface area (Å²) >= 11 is 0. The predicted octanol–water partition coefficient (Wildman–Crippen LogP) is 2.52. The summed E-state index contributed by atoms with van der Waals surface area (Å²) in [4.78, 5) is 2.20. The maximum absolute atomic E-state index is 10.6. The SMILES string of the molecule is CN(C)CCC(O)C12CC3CC(CC(C3)C1)C2. The molecule has 17 heavy (non-hydrogen) atoms. The van der Waals surface area contributed by atoms with Crippen LogP contribution in [0.25, 0.3) is 0 Å². The first-order chi connectivity index (χ1) is 8.07. The van der Waals surface area contributed by atoms with E-state index in [0.29, 0.717) is 5.41 Å². The molecule has 2 heteroatoms. The summed E-state index contributed by atoms with van der Waals surface area (Å²) < 4.78 is 0. The number of aliphatic hydroxyl groups excluding tert-OH is 1. The molecule has 1 unspecified atom stereocenters. The van der Waals surface area contributed by atoms with Crippen molar-refractivity contribution in [2.24, 2.45) is 23.2 Å². The smallest absolute Gasteiger partial charge is 0.0608 e. The molecule has 0 saturated heterocycles. The quantitative estimate of drug-likeness (QED) is 0.812. The summed E-state index contributed by atoms with van der Waals surface area (Å²) in [6.45, 7) is 1.03. The molecule has 0 aromatic rings. The molecule has 0 aromatic heterocycles. The monoisotopic (exact) mass is 237 g/mol. The Morgan fingerprint density at radius 3 is 1.94 bits per heavy atom. The van der Waals surface area contributed by atoms with Crippen molar-refractivity contribution >= 4 is 0 Å². The summed E-state index contributed by atoms with van der Waals surface area (Å²) in [6, 6.07) is 0. The molecule has 0 aromatic carbocycles. The first-order valence-electron chi connectivity index (χ1n) is 7.40. The third-order valence-electron chi connectivity index (χ3n) is 5.64. The minimum absolute atomic E-state index is 0.0432. The summed E-state index contributed by atoms with van der Waals surface area (Å²) in [5, 5.41) is 10.6. The summed E-state index contributed by atoms with van der Waals surface area (Å²) in [5.41, 5.74) is 0.324. The van der Waals surface area contributed by atoms with E-state index in [9.17, 15) is 5.11 Å². The zero-order valence-electron chi connectivity index (χ0n) is 11.4. The van der Waals surface area contributed by atoms with E-state index in [1.165, 1.54) is 38.5 Å². The van der Waals surface area contributed by atoms with Crippen molar-refractivity contribution in [3.63, 3.8) is 0 Å². The van der Waals surface area contributed by atoms with Gasteiger partial charge in [-0.3, -0.25) is 0 Å². The van der Waals surface area contributed by atoms with Gasteiger partial charge in [0.2, 0.25) is 0 Å². The van der Waals surface area contributed by atoms with Crippen molar-refractivity contribution in [2.45, 2.75) is 51.0 Å². The molecule has 4 saturated carbocycles. The van der Waals surface area contributed by atoms with E-state index < -0.39 is 0 Å². The van der Waals surface area contributed by atoms with Crippen LogP contribution in [0.5, 0.6) is 0 Å². The molecule has 0 aliphatic heterocycles. The molecular weight excluding hydrogens is 210 g/mol. The van der Waals surface area contributed by atoms with Crippen LogP contribution in [0, 0.1) is 23.2 Å². The third kappa shape index (κ3) is 2.15. The maximum atomic E-state index is 10.6. The summed E-state index contributed by atoms with van der Waals surface area (Å²) in [5.74, 6) is 2.86. The average Bonchev–Trinajstić information content (AvgIpc) is 2.23. The average molecular weight is 237 g/mol. The van der Waals surface area contributed by atoms with Crippen molar-refractivity contribution in [1.82, 2.24) is 4.90 Å². The van der Waals surface area contributed by atoms with Gasteiger partial charge in [0.15, 0.2) is 0 Å². The normalized spacial score (nSPS) is 45.5. The van der Waals surface area contributed by atoms with Gasteiger partial charge in [0.1, 0.15) is 0 Å². The van der Waals surface area contributed by atoms with Crippen molar-refractivity contribution < 1.29 is 5.11 Å². The van der Waals surface area contributed by atoms with Crippen molar-refractivity contribution in [3.8, 4) is 0 Å². The number of nitrogens with zero attached hydrogens (tertiary/aromatic N) is 1. The second-order valence-electron chi connectivity index (χ2n) is 7.39. The van der Waals surface area contributed by atoms with Crippen LogP contribution in [0.15, 0.2) is 0 Å². The molecule has 0 spiro atoms. The van der Waals surface area contributed by atoms with Crippen molar-refractivity contribution in [2.75, 3.05) is 20.6 Å². The number of hydrogen-bond donors (Lipinski definition) is 1. The van der Waals surface area contributed by atoms with Gasteiger partial charge in [-0.25, -0.2) is 0 Å². The van der Waals surface area contributed by atoms with Gasteiger partial charge in [-0.15, -0.1) is 0 Å². The van der Waals surface area contributed by atoms with Crippen LogP contribution < -0.4 is 0 Å². The van der Waals surface area contributed by atoms with Gasteiger partial charge in [-0.05, 0) is 88.8 Å². The molecule has 0 heterocycles. The Morgan fingerprint density at radius 2 is 1.53 bits per heavy atom. The molecule has 4 fully saturated rings. The van der Waals surface area contributed by atoms with Crippen LogP contribution in [-0.4, -0.2) is 36.8 Å². The van der Waals surface area contributed by atoms with Crippen LogP contribution in [0.1, 0.15) is 44.9 Å². The van der Waals surface area contributed by atoms with Gasteiger partial charge < -0.3 is 10.0 Å². The van der Waals surface area contributed by atoms with Crippen LogP contribution in [0.3, 0.4) is 0 Å². The highest BCUT2D eigenvalue weighted by Crippen LogP contribution is 2.61. The Hall–Kier alpha value is -0.0800. The zero-order chi connectivity index (χ0) is 12.0. The van der Waals surface area contributed by atoms with Crippen LogP contribution >= 0.6 is 0 Å². The lowest BCUT2D eigenvalue weighted by molar-refractivity contribution is -0.122. The molecule has 0 amide bonds. The fraction of sp³-hybridized carbons (Fsp3) is 1.00.